The first-order valence-electron chi connectivity index (χ1n) is 7.53. The van der Waals surface area contributed by atoms with E-state index in [9.17, 15) is 13.6 Å². The summed E-state index contributed by atoms with van der Waals surface area (Å²) in [7, 11) is 0. The number of carbonyl (C=O) groups excluding carboxylic acids is 1. The zero-order chi connectivity index (χ0) is 17.4. The van der Waals surface area contributed by atoms with Crippen LogP contribution in [0.1, 0.15) is 11.1 Å². The van der Waals surface area contributed by atoms with Gasteiger partial charge in [-0.3, -0.25) is 4.79 Å². The number of halogens is 2. The smallest absolute Gasteiger partial charge is 0.387 e. The zero-order valence-electron chi connectivity index (χ0n) is 13.3. The molecule has 0 atom stereocenters. The molecular formula is C18H19F2NO3. The highest BCUT2D eigenvalue weighted by atomic mass is 19.3. The molecule has 1 amide bonds. The van der Waals surface area contributed by atoms with E-state index in [0.717, 1.165) is 11.3 Å². The standard InChI is InChI=1S/C18H19F2NO3/c1-13-2-6-15(7-3-13)23-11-10-21-17(22)12-14-4-8-16(9-5-14)24-18(19)20/h2-9,18H,10-12H2,1H3,(H,21,22). The lowest BCUT2D eigenvalue weighted by atomic mass is 10.1. The molecule has 4 nitrogen and oxygen atoms in total. The Morgan fingerprint density at radius 2 is 1.67 bits per heavy atom. The summed E-state index contributed by atoms with van der Waals surface area (Å²) in [4.78, 5) is 11.8. The third-order valence-electron chi connectivity index (χ3n) is 3.23. The lowest BCUT2D eigenvalue weighted by Gasteiger charge is -2.09. The van der Waals surface area contributed by atoms with Crippen molar-refractivity contribution < 1.29 is 23.0 Å². The minimum Gasteiger partial charge on any atom is -0.492 e. The van der Waals surface area contributed by atoms with Crippen LogP contribution in [0.25, 0.3) is 0 Å². The molecule has 0 bridgehead atoms. The van der Waals surface area contributed by atoms with Crippen LogP contribution in [-0.4, -0.2) is 25.7 Å². The number of aryl methyl sites for hydroxylation is 1. The van der Waals surface area contributed by atoms with E-state index in [2.05, 4.69) is 10.1 Å². The average molecular weight is 335 g/mol. The van der Waals surface area contributed by atoms with Crippen molar-refractivity contribution in [2.45, 2.75) is 20.0 Å². The van der Waals surface area contributed by atoms with E-state index in [1.54, 1.807) is 12.1 Å². The molecule has 0 aliphatic carbocycles. The molecule has 0 saturated carbocycles. The van der Waals surface area contributed by atoms with Crippen LogP contribution >= 0.6 is 0 Å². The van der Waals surface area contributed by atoms with E-state index in [4.69, 9.17) is 4.74 Å². The third kappa shape index (κ3) is 6.24. The van der Waals surface area contributed by atoms with Gasteiger partial charge in [0.1, 0.15) is 18.1 Å². The van der Waals surface area contributed by atoms with E-state index in [0.29, 0.717) is 18.7 Å². The van der Waals surface area contributed by atoms with Crippen LogP contribution in [0, 0.1) is 6.92 Å². The summed E-state index contributed by atoms with van der Waals surface area (Å²) in [5.41, 5.74) is 1.87. The van der Waals surface area contributed by atoms with Crippen molar-refractivity contribution in [3.8, 4) is 11.5 Å². The highest BCUT2D eigenvalue weighted by Crippen LogP contribution is 2.15. The van der Waals surface area contributed by atoms with Gasteiger partial charge in [0.25, 0.3) is 0 Å². The Kier molecular flexibility index (Phi) is 6.54. The molecule has 0 heterocycles. The molecule has 0 spiro atoms. The quantitative estimate of drug-likeness (QED) is 0.753. The Hall–Kier alpha value is -2.63. The number of ether oxygens (including phenoxy) is 2. The van der Waals surface area contributed by atoms with Gasteiger partial charge in [0, 0.05) is 0 Å². The number of rotatable bonds is 8. The fraction of sp³-hybridized carbons (Fsp3) is 0.278. The van der Waals surface area contributed by atoms with Crippen LogP contribution in [0.15, 0.2) is 48.5 Å². The van der Waals surface area contributed by atoms with Gasteiger partial charge in [-0.15, -0.1) is 0 Å². The number of hydrogen-bond donors (Lipinski definition) is 1. The Morgan fingerprint density at radius 3 is 2.29 bits per heavy atom. The van der Waals surface area contributed by atoms with Gasteiger partial charge in [0.2, 0.25) is 5.91 Å². The minimum absolute atomic E-state index is 0.0701. The van der Waals surface area contributed by atoms with Crippen LogP contribution in [0.2, 0.25) is 0 Å². The van der Waals surface area contributed by atoms with Crippen LogP contribution in [0.5, 0.6) is 11.5 Å². The monoisotopic (exact) mass is 335 g/mol. The fourth-order valence-electron chi connectivity index (χ4n) is 2.03. The first-order chi connectivity index (χ1) is 11.5. The SMILES string of the molecule is Cc1ccc(OCCNC(=O)Cc2ccc(OC(F)F)cc2)cc1. The molecule has 6 heteroatoms. The van der Waals surface area contributed by atoms with Crippen molar-refractivity contribution in [1.29, 1.82) is 0 Å². The van der Waals surface area contributed by atoms with Gasteiger partial charge in [-0.25, -0.2) is 0 Å². The summed E-state index contributed by atoms with van der Waals surface area (Å²) in [6.07, 6.45) is 0.166. The lowest BCUT2D eigenvalue weighted by molar-refractivity contribution is -0.120. The predicted octanol–water partition coefficient (Wildman–Crippen LogP) is 3.33. The molecule has 2 aromatic carbocycles. The highest BCUT2D eigenvalue weighted by molar-refractivity contribution is 5.78. The molecule has 0 radical (unpaired) electrons. The number of amides is 1. The van der Waals surface area contributed by atoms with E-state index < -0.39 is 6.61 Å². The second-order valence-corrected chi connectivity index (χ2v) is 5.21. The number of nitrogens with one attached hydrogen (secondary N) is 1. The van der Waals surface area contributed by atoms with Crippen molar-refractivity contribution in [2.75, 3.05) is 13.2 Å². The Morgan fingerprint density at radius 1 is 1.04 bits per heavy atom. The largest absolute Gasteiger partial charge is 0.492 e. The van der Waals surface area contributed by atoms with Crippen molar-refractivity contribution in [3.63, 3.8) is 0 Å². The van der Waals surface area contributed by atoms with Crippen LogP contribution < -0.4 is 14.8 Å². The summed E-state index contributed by atoms with van der Waals surface area (Å²) in [5, 5.41) is 2.74. The van der Waals surface area contributed by atoms with Crippen LogP contribution in [-0.2, 0) is 11.2 Å². The van der Waals surface area contributed by atoms with Crippen LogP contribution in [0.4, 0.5) is 8.78 Å². The van der Waals surface area contributed by atoms with E-state index in [1.807, 2.05) is 31.2 Å². The molecule has 2 aromatic rings. The molecule has 0 fully saturated rings. The van der Waals surface area contributed by atoms with Gasteiger partial charge in [-0.1, -0.05) is 29.8 Å². The minimum atomic E-state index is -2.85. The summed E-state index contributed by atoms with van der Waals surface area (Å²) in [6.45, 7) is -0.0986. The normalized spacial score (nSPS) is 10.5. The Balaban J connectivity index is 1.68. The first kappa shape index (κ1) is 17.7. The molecule has 0 saturated heterocycles. The molecule has 0 unspecified atom stereocenters. The fourth-order valence-corrected chi connectivity index (χ4v) is 2.03. The van der Waals surface area contributed by atoms with Crippen molar-refractivity contribution in [1.82, 2.24) is 5.32 Å². The molecule has 0 aromatic heterocycles. The zero-order valence-corrected chi connectivity index (χ0v) is 13.3. The lowest BCUT2D eigenvalue weighted by Crippen LogP contribution is -2.29. The number of alkyl halides is 2. The Labute approximate surface area is 139 Å². The molecule has 128 valence electrons. The molecular weight excluding hydrogens is 316 g/mol. The molecule has 1 N–H and O–H groups in total. The maximum absolute atomic E-state index is 12.0. The van der Waals surface area contributed by atoms with Gasteiger partial charge in [0.05, 0.1) is 13.0 Å². The molecule has 2 rings (SSSR count). The number of carbonyl (C=O) groups is 1. The summed E-state index contributed by atoms with van der Waals surface area (Å²) in [6, 6.07) is 13.6. The Bertz CT molecular complexity index is 642. The van der Waals surface area contributed by atoms with E-state index in [1.165, 1.54) is 12.1 Å². The first-order valence-corrected chi connectivity index (χ1v) is 7.53. The number of benzene rings is 2. The van der Waals surface area contributed by atoms with Crippen molar-refractivity contribution in [3.05, 3.63) is 59.7 Å². The molecule has 0 aliphatic rings. The van der Waals surface area contributed by atoms with Gasteiger partial charge in [-0.05, 0) is 36.8 Å². The van der Waals surface area contributed by atoms with Crippen LogP contribution in [0.3, 0.4) is 0 Å². The van der Waals surface area contributed by atoms with Gasteiger partial charge < -0.3 is 14.8 Å². The maximum Gasteiger partial charge on any atom is 0.387 e. The molecule has 24 heavy (non-hydrogen) atoms. The molecule has 0 aliphatic heterocycles. The van der Waals surface area contributed by atoms with Gasteiger partial charge >= 0.3 is 6.61 Å². The summed E-state index contributed by atoms with van der Waals surface area (Å²) < 4.78 is 33.9. The maximum atomic E-state index is 12.0. The van der Waals surface area contributed by atoms with Gasteiger partial charge in [-0.2, -0.15) is 8.78 Å². The van der Waals surface area contributed by atoms with Crippen molar-refractivity contribution >= 4 is 5.91 Å². The summed E-state index contributed by atoms with van der Waals surface area (Å²) >= 11 is 0. The number of hydrogen-bond acceptors (Lipinski definition) is 3. The topological polar surface area (TPSA) is 47.6 Å². The van der Waals surface area contributed by atoms with E-state index >= 15 is 0 Å². The highest BCUT2D eigenvalue weighted by Gasteiger charge is 2.06. The van der Waals surface area contributed by atoms with Crippen molar-refractivity contribution in [2.24, 2.45) is 0 Å². The second-order valence-electron chi connectivity index (χ2n) is 5.21. The van der Waals surface area contributed by atoms with E-state index in [-0.39, 0.29) is 18.1 Å². The predicted molar refractivity (Wildman–Crippen MR) is 86.5 cm³/mol. The average Bonchev–Trinajstić information content (AvgIpc) is 2.55. The summed E-state index contributed by atoms with van der Waals surface area (Å²) in [5.74, 6) is 0.662. The third-order valence-corrected chi connectivity index (χ3v) is 3.23. The van der Waals surface area contributed by atoms with Gasteiger partial charge in [0.15, 0.2) is 0 Å². The second kappa shape index (κ2) is 8.86.